The summed E-state index contributed by atoms with van der Waals surface area (Å²) < 4.78 is 6.05. The van der Waals surface area contributed by atoms with Gasteiger partial charge in [0.2, 0.25) is 0 Å². The van der Waals surface area contributed by atoms with Crippen LogP contribution in [0.5, 0.6) is 0 Å². The average Bonchev–Trinajstić information content (AvgIpc) is 2.56. The highest BCUT2D eigenvalue weighted by Gasteiger charge is 2.34. The van der Waals surface area contributed by atoms with Gasteiger partial charge in [0, 0.05) is 6.61 Å². The minimum absolute atomic E-state index is 0.164. The van der Waals surface area contributed by atoms with Gasteiger partial charge in [0.05, 0.1) is 12.1 Å². The summed E-state index contributed by atoms with van der Waals surface area (Å²) in [6, 6.07) is 0.364. The first-order valence-corrected chi connectivity index (χ1v) is 7.48. The Morgan fingerprint density at radius 3 is 2.56 bits per heavy atom. The molecule has 0 aliphatic heterocycles. The Kier molecular flexibility index (Phi) is 6.37. The van der Waals surface area contributed by atoms with Crippen molar-refractivity contribution in [1.82, 2.24) is 5.32 Å². The molecule has 1 N–H and O–H groups in total. The molecule has 18 heavy (non-hydrogen) atoms. The van der Waals surface area contributed by atoms with Crippen molar-refractivity contribution >= 4 is 0 Å². The lowest BCUT2D eigenvalue weighted by atomic mass is 9.81. The van der Waals surface area contributed by atoms with E-state index in [2.05, 4.69) is 46.1 Å². The molecule has 0 saturated carbocycles. The van der Waals surface area contributed by atoms with Gasteiger partial charge in [-0.05, 0) is 45.1 Å². The van der Waals surface area contributed by atoms with Crippen LogP contribution in [0.2, 0.25) is 0 Å². The Morgan fingerprint density at radius 2 is 2.00 bits per heavy atom. The third-order valence-corrected chi connectivity index (χ3v) is 3.79. The molecule has 2 atom stereocenters. The van der Waals surface area contributed by atoms with Crippen molar-refractivity contribution in [3.63, 3.8) is 0 Å². The minimum atomic E-state index is 0.164. The zero-order valence-corrected chi connectivity index (χ0v) is 12.9. The quantitative estimate of drug-likeness (QED) is 0.750. The van der Waals surface area contributed by atoms with Crippen molar-refractivity contribution in [2.75, 3.05) is 13.7 Å². The summed E-state index contributed by atoms with van der Waals surface area (Å²) in [6.45, 7) is 9.69. The van der Waals surface area contributed by atoms with Gasteiger partial charge in [-0.1, -0.05) is 38.8 Å². The van der Waals surface area contributed by atoms with Crippen LogP contribution in [-0.2, 0) is 4.74 Å². The van der Waals surface area contributed by atoms with Crippen LogP contribution in [-0.4, -0.2) is 25.8 Å². The molecule has 0 heterocycles. The van der Waals surface area contributed by atoms with E-state index in [1.807, 2.05) is 0 Å². The van der Waals surface area contributed by atoms with Crippen LogP contribution in [0.15, 0.2) is 11.6 Å². The molecule has 0 saturated heterocycles. The molecular weight excluding hydrogens is 222 g/mol. The Labute approximate surface area is 113 Å². The number of hydrogen-bond donors (Lipinski definition) is 1. The zero-order valence-electron chi connectivity index (χ0n) is 12.9. The van der Waals surface area contributed by atoms with E-state index >= 15 is 0 Å². The third-order valence-electron chi connectivity index (χ3n) is 3.79. The summed E-state index contributed by atoms with van der Waals surface area (Å²) in [5.74, 6) is 0. The number of rotatable bonds is 5. The molecule has 1 aliphatic carbocycles. The summed E-state index contributed by atoms with van der Waals surface area (Å²) >= 11 is 0. The Morgan fingerprint density at radius 1 is 1.28 bits per heavy atom. The molecule has 0 aromatic heterocycles. The van der Waals surface area contributed by atoms with Crippen LogP contribution in [0.1, 0.15) is 59.8 Å². The lowest BCUT2D eigenvalue weighted by molar-refractivity contribution is -0.0271. The third kappa shape index (κ3) is 4.40. The SMILES string of the molecule is CCOC(C(NC)C1=CCCCCC1)C(C)(C)C. The highest BCUT2D eigenvalue weighted by Crippen LogP contribution is 2.31. The number of likely N-dealkylation sites (N-methyl/N-ethyl adjacent to an activating group) is 1. The van der Waals surface area contributed by atoms with Crippen LogP contribution in [0.3, 0.4) is 0 Å². The standard InChI is InChI=1S/C16H31NO/c1-6-18-15(16(2,3)4)14(17-5)13-11-9-7-8-10-12-13/h11,14-15,17H,6-10,12H2,1-5H3. The van der Waals surface area contributed by atoms with Crippen molar-refractivity contribution in [1.29, 1.82) is 0 Å². The summed E-state index contributed by atoms with van der Waals surface area (Å²) in [4.78, 5) is 0. The monoisotopic (exact) mass is 253 g/mol. The van der Waals surface area contributed by atoms with Crippen LogP contribution in [0, 0.1) is 5.41 Å². The van der Waals surface area contributed by atoms with Crippen LogP contribution >= 0.6 is 0 Å². The second-order valence-corrected chi connectivity index (χ2v) is 6.39. The van der Waals surface area contributed by atoms with Gasteiger partial charge in [0.15, 0.2) is 0 Å². The molecule has 106 valence electrons. The molecule has 0 spiro atoms. The van der Waals surface area contributed by atoms with E-state index in [1.54, 1.807) is 5.57 Å². The molecule has 0 aromatic carbocycles. The van der Waals surface area contributed by atoms with E-state index < -0.39 is 0 Å². The van der Waals surface area contributed by atoms with E-state index in [0.29, 0.717) is 6.04 Å². The summed E-state index contributed by atoms with van der Waals surface area (Å²) in [6.07, 6.45) is 9.19. The minimum Gasteiger partial charge on any atom is -0.376 e. The van der Waals surface area contributed by atoms with Crippen molar-refractivity contribution in [2.45, 2.75) is 71.9 Å². The predicted octanol–water partition coefficient (Wildman–Crippen LogP) is 3.92. The first-order chi connectivity index (χ1) is 8.50. The van der Waals surface area contributed by atoms with E-state index in [9.17, 15) is 0 Å². The maximum atomic E-state index is 6.05. The predicted molar refractivity (Wildman–Crippen MR) is 78.9 cm³/mol. The Bertz CT molecular complexity index is 265. The fraction of sp³-hybridized carbons (Fsp3) is 0.875. The fourth-order valence-electron chi connectivity index (χ4n) is 2.88. The first kappa shape index (κ1) is 15.7. The van der Waals surface area contributed by atoms with Gasteiger partial charge in [0.25, 0.3) is 0 Å². The molecule has 0 amide bonds. The molecule has 2 unspecified atom stereocenters. The average molecular weight is 253 g/mol. The molecule has 2 heteroatoms. The number of nitrogens with one attached hydrogen (secondary N) is 1. The molecule has 0 fully saturated rings. The Hall–Kier alpha value is -0.340. The van der Waals surface area contributed by atoms with Crippen LogP contribution in [0.25, 0.3) is 0 Å². The van der Waals surface area contributed by atoms with Crippen LogP contribution in [0.4, 0.5) is 0 Å². The molecule has 0 aromatic rings. The van der Waals surface area contributed by atoms with Crippen molar-refractivity contribution < 1.29 is 4.74 Å². The number of ether oxygens (including phenoxy) is 1. The van der Waals surface area contributed by atoms with E-state index in [-0.39, 0.29) is 11.5 Å². The van der Waals surface area contributed by atoms with Gasteiger partial charge < -0.3 is 10.1 Å². The molecular formula is C16H31NO. The summed E-state index contributed by atoms with van der Waals surface area (Å²) in [5.41, 5.74) is 1.72. The van der Waals surface area contributed by atoms with Gasteiger partial charge in [-0.3, -0.25) is 0 Å². The fourth-order valence-corrected chi connectivity index (χ4v) is 2.88. The maximum Gasteiger partial charge on any atom is 0.0814 e. The second-order valence-electron chi connectivity index (χ2n) is 6.39. The van der Waals surface area contributed by atoms with Gasteiger partial charge in [0.1, 0.15) is 0 Å². The van der Waals surface area contributed by atoms with Crippen molar-refractivity contribution in [3.8, 4) is 0 Å². The largest absolute Gasteiger partial charge is 0.376 e. The molecule has 1 rings (SSSR count). The van der Waals surface area contributed by atoms with Gasteiger partial charge in [-0.15, -0.1) is 0 Å². The lowest BCUT2D eigenvalue weighted by Gasteiger charge is -2.38. The first-order valence-electron chi connectivity index (χ1n) is 7.48. The van der Waals surface area contributed by atoms with E-state index in [4.69, 9.17) is 4.74 Å². The molecule has 0 bridgehead atoms. The van der Waals surface area contributed by atoms with Crippen LogP contribution < -0.4 is 5.32 Å². The molecule has 1 aliphatic rings. The van der Waals surface area contributed by atoms with E-state index in [0.717, 1.165) is 6.61 Å². The number of allylic oxidation sites excluding steroid dienone is 1. The normalized spacial score (nSPS) is 21.1. The summed E-state index contributed by atoms with van der Waals surface area (Å²) in [5, 5.41) is 3.50. The molecule has 2 nitrogen and oxygen atoms in total. The number of hydrogen-bond acceptors (Lipinski definition) is 2. The van der Waals surface area contributed by atoms with Crippen molar-refractivity contribution in [3.05, 3.63) is 11.6 Å². The topological polar surface area (TPSA) is 21.3 Å². The highest BCUT2D eigenvalue weighted by molar-refractivity contribution is 5.16. The van der Waals surface area contributed by atoms with Crippen molar-refractivity contribution in [2.24, 2.45) is 5.41 Å². The maximum absolute atomic E-state index is 6.05. The van der Waals surface area contributed by atoms with Gasteiger partial charge >= 0.3 is 0 Å². The molecule has 0 radical (unpaired) electrons. The van der Waals surface area contributed by atoms with E-state index in [1.165, 1.54) is 32.1 Å². The van der Waals surface area contributed by atoms with Gasteiger partial charge in [-0.25, -0.2) is 0 Å². The second kappa shape index (κ2) is 7.30. The summed E-state index contributed by atoms with van der Waals surface area (Å²) in [7, 11) is 2.06. The zero-order chi connectivity index (χ0) is 13.6. The lowest BCUT2D eigenvalue weighted by Crippen LogP contribution is -2.48. The smallest absolute Gasteiger partial charge is 0.0814 e. The van der Waals surface area contributed by atoms with Gasteiger partial charge in [-0.2, -0.15) is 0 Å². The highest BCUT2D eigenvalue weighted by atomic mass is 16.5. The Balaban J connectivity index is 2.86.